The molecule has 2 aromatic carbocycles. The highest BCUT2D eigenvalue weighted by atomic mass is 79.9. The average molecular weight is 356 g/mol. The molecule has 0 amide bonds. The van der Waals surface area contributed by atoms with Crippen LogP contribution in [0, 0.1) is 0 Å². The van der Waals surface area contributed by atoms with Crippen LogP contribution in [0.5, 0.6) is 5.75 Å². The number of benzene rings is 2. The second-order valence-corrected chi connectivity index (χ2v) is 5.62. The minimum atomic E-state index is -0.0172. The Balaban J connectivity index is 2.21. The fraction of sp³-hybridized carbons (Fsp3) is 0.200. The average Bonchev–Trinajstić information content (AvgIpc) is 2.48. The third-order valence-electron chi connectivity index (χ3n) is 3.00. The van der Waals surface area contributed by atoms with Gasteiger partial charge in [-0.2, -0.15) is 0 Å². The van der Waals surface area contributed by atoms with Crippen molar-refractivity contribution in [1.82, 2.24) is 0 Å². The number of halogens is 2. The monoisotopic (exact) mass is 354 g/mol. The Morgan fingerprint density at radius 2 is 1.95 bits per heavy atom. The molecule has 0 radical (unpaired) electrons. The SMILES string of the molecule is COc1ccc(NC(CN)c2cc(Cl)ccc2Br)cc1. The van der Waals surface area contributed by atoms with E-state index < -0.39 is 0 Å². The van der Waals surface area contributed by atoms with Crippen molar-refractivity contribution in [3.05, 3.63) is 57.5 Å². The predicted molar refractivity (Wildman–Crippen MR) is 87.6 cm³/mol. The number of nitrogens with one attached hydrogen (secondary N) is 1. The van der Waals surface area contributed by atoms with Crippen molar-refractivity contribution in [3.63, 3.8) is 0 Å². The molecule has 0 bridgehead atoms. The lowest BCUT2D eigenvalue weighted by Crippen LogP contribution is -2.21. The number of ether oxygens (including phenoxy) is 1. The second-order valence-electron chi connectivity index (χ2n) is 4.33. The first kappa shape index (κ1) is 15.2. The number of hydrogen-bond donors (Lipinski definition) is 2. The summed E-state index contributed by atoms with van der Waals surface area (Å²) in [6, 6.07) is 13.4. The van der Waals surface area contributed by atoms with Gasteiger partial charge in [0, 0.05) is 21.7 Å². The van der Waals surface area contributed by atoms with E-state index >= 15 is 0 Å². The van der Waals surface area contributed by atoms with Crippen LogP contribution in [0.4, 0.5) is 5.69 Å². The van der Waals surface area contributed by atoms with Crippen molar-refractivity contribution in [1.29, 1.82) is 0 Å². The third kappa shape index (κ3) is 3.66. The van der Waals surface area contributed by atoms with E-state index in [2.05, 4.69) is 21.2 Å². The number of anilines is 1. The van der Waals surface area contributed by atoms with E-state index in [-0.39, 0.29) is 6.04 Å². The van der Waals surface area contributed by atoms with Gasteiger partial charge in [0.05, 0.1) is 13.2 Å². The predicted octanol–water partition coefficient (Wildman–Crippen LogP) is 4.22. The molecule has 0 fully saturated rings. The molecule has 3 nitrogen and oxygen atoms in total. The Morgan fingerprint density at radius 1 is 1.25 bits per heavy atom. The van der Waals surface area contributed by atoms with Gasteiger partial charge >= 0.3 is 0 Å². The molecule has 0 aliphatic carbocycles. The molecule has 2 aromatic rings. The van der Waals surface area contributed by atoms with E-state index in [9.17, 15) is 0 Å². The van der Waals surface area contributed by atoms with Gasteiger partial charge in [0.15, 0.2) is 0 Å². The van der Waals surface area contributed by atoms with Crippen molar-refractivity contribution in [2.75, 3.05) is 19.0 Å². The zero-order chi connectivity index (χ0) is 14.5. The van der Waals surface area contributed by atoms with Crippen molar-refractivity contribution < 1.29 is 4.74 Å². The quantitative estimate of drug-likeness (QED) is 0.844. The molecular weight excluding hydrogens is 340 g/mol. The van der Waals surface area contributed by atoms with Gasteiger partial charge in [-0.25, -0.2) is 0 Å². The van der Waals surface area contributed by atoms with Gasteiger partial charge in [-0.05, 0) is 48.0 Å². The molecule has 1 atom stereocenters. The summed E-state index contributed by atoms with van der Waals surface area (Å²) in [5, 5.41) is 4.09. The highest BCUT2D eigenvalue weighted by Gasteiger charge is 2.13. The van der Waals surface area contributed by atoms with Gasteiger partial charge in [-0.15, -0.1) is 0 Å². The normalized spacial score (nSPS) is 12.0. The standard InChI is InChI=1S/C15H16BrClN2O/c1-20-12-5-3-11(4-6-12)19-15(9-18)13-8-10(17)2-7-14(13)16/h2-8,15,19H,9,18H2,1H3. The van der Waals surface area contributed by atoms with Crippen LogP contribution < -0.4 is 15.8 Å². The summed E-state index contributed by atoms with van der Waals surface area (Å²) >= 11 is 9.59. The molecule has 0 saturated carbocycles. The Bertz CT molecular complexity index is 575. The van der Waals surface area contributed by atoms with E-state index in [1.165, 1.54) is 0 Å². The Kier molecular flexibility index (Phi) is 5.29. The summed E-state index contributed by atoms with van der Waals surface area (Å²) in [5.41, 5.74) is 7.89. The maximum Gasteiger partial charge on any atom is 0.119 e. The number of hydrogen-bond acceptors (Lipinski definition) is 3. The smallest absolute Gasteiger partial charge is 0.119 e. The molecular formula is C15H16BrClN2O. The number of nitrogens with two attached hydrogens (primary N) is 1. The fourth-order valence-electron chi connectivity index (χ4n) is 1.93. The molecule has 5 heteroatoms. The molecule has 0 spiro atoms. The molecule has 0 aliphatic heterocycles. The summed E-state index contributed by atoms with van der Waals surface area (Å²) < 4.78 is 6.13. The van der Waals surface area contributed by atoms with E-state index in [0.29, 0.717) is 11.6 Å². The first-order valence-electron chi connectivity index (χ1n) is 6.19. The molecule has 0 aliphatic rings. The zero-order valence-corrected chi connectivity index (χ0v) is 13.4. The van der Waals surface area contributed by atoms with Crippen molar-refractivity contribution in [3.8, 4) is 5.75 Å². The van der Waals surface area contributed by atoms with E-state index in [1.807, 2.05) is 42.5 Å². The molecule has 2 rings (SSSR count). The lowest BCUT2D eigenvalue weighted by Gasteiger charge is -2.20. The van der Waals surface area contributed by atoms with Gasteiger partial charge < -0.3 is 15.8 Å². The van der Waals surface area contributed by atoms with Crippen LogP contribution >= 0.6 is 27.5 Å². The Labute approximate surface area is 132 Å². The fourth-order valence-corrected chi connectivity index (χ4v) is 2.64. The van der Waals surface area contributed by atoms with Crippen LogP contribution in [0.2, 0.25) is 5.02 Å². The van der Waals surface area contributed by atoms with Crippen molar-refractivity contribution in [2.45, 2.75) is 6.04 Å². The highest BCUT2D eigenvalue weighted by molar-refractivity contribution is 9.10. The summed E-state index contributed by atoms with van der Waals surface area (Å²) in [6.07, 6.45) is 0. The van der Waals surface area contributed by atoms with Crippen LogP contribution in [-0.4, -0.2) is 13.7 Å². The van der Waals surface area contributed by atoms with Gasteiger partial charge in [-0.3, -0.25) is 0 Å². The minimum Gasteiger partial charge on any atom is -0.497 e. The number of methoxy groups -OCH3 is 1. The summed E-state index contributed by atoms with van der Waals surface area (Å²) in [4.78, 5) is 0. The maximum atomic E-state index is 6.05. The minimum absolute atomic E-state index is 0.0172. The van der Waals surface area contributed by atoms with Gasteiger partial charge in [0.1, 0.15) is 5.75 Å². The maximum absolute atomic E-state index is 6.05. The lowest BCUT2D eigenvalue weighted by atomic mass is 10.1. The molecule has 3 N–H and O–H groups in total. The Morgan fingerprint density at radius 3 is 2.55 bits per heavy atom. The van der Waals surface area contributed by atoms with Crippen molar-refractivity contribution in [2.24, 2.45) is 5.73 Å². The molecule has 0 saturated heterocycles. The van der Waals surface area contributed by atoms with Crippen LogP contribution in [0.3, 0.4) is 0 Å². The molecule has 0 aromatic heterocycles. The Hall–Kier alpha value is -1.23. The third-order valence-corrected chi connectivity index (χ3v) is 3.96. The van der Waals surface area contributed by atoms with Crippen LogP contribution in [-0.2, 0) is 0 Å². The number of rotatable bonds is 5. The second kappa shape index (κ2) is 6.97. The summed E-state index contributed by atoms with van der Waals surface area (Å²) in [6.45, 7) is 0.463. The van der Waals surface area contributed by atoms with Gasteiger partial charge in [0.2, 0.25) is 0 Å². The lowest BCUT2D eigenvalue weighted by molar-refractivity contribution is 0.415. The van der Waals surface area contributed by atoms with E-state index in [4.69, 9.17) is 22.1 Å². The topological polar surface area (TPSA) is 47.3 Å². The van der Waals surface area contributed by atoms with E-state index in [1.54, 1.807) is 7.11 Å². The van der Waals surface area contributed by atoms with E-state index in [0.717, 1.165) is 21.5 Å². The van der Waals surface area contributed by atoms with Gasteiger partial charge in [0.25, 0.3) is 0 Å². The van der Waals surface area contributed by atoms with Gasteiger partial charge in [-0.1, -0.05) is 27.5 Å². The molecule has 0 heterocycles. The highest BCUT2D eigenvalue weighted by Crippen LogP contribution is 2.29. The van der Waals surface area contributed by atoms with Crippen molar-refractivity contribution >= 4 is 33.2 Å². The molecule has 106 valence electrons. The first-order chi connectivity index (χ1) is 9.63. The van der Waals surface area contributed by atoms with Crippen LogP contribution in [0.25, 0.3) is 0 Å². The summed E-state index contributed by atoms with van der Waals surface area (Å²) in [7, 11) is 1.65. The summed E-state index contributed by atoms with van der Waals surface area (Å²) in [5.74, 6) is 0.823. The first-order valence-corrected chi connectivity index (χ1v) is 7.36. The van der Waals surface area contributed by atoms with Crippen LogP contribution in [0.15, 0.2) is 46.9 Å². The molecule has 1 unspecified atom stereocenters. The van der Waals surface area contributed by atoms with Crippen LogP contribution in [0.1, 0.15) is 11.6 Å². The largest absolute Gasteiger partial charge is 0.497 e. The molecule has 20 heavy (non-hydrogen) atoms. The zero-order valence-electron chi connectivity index (χ0n) is 11.1.